The van der Waals surface area contributed by atoms with Crippen LogP contribution in [-0.4, -0.2) is 27.1 Å². The molecule has 0 spiro atoms. The Morgan fingerprint density at radius 2 is 1.57 bits per heavy atom. The lowest BCUT2D eigenvalue weighted by molar-refractivity contribution is 0.174. The molecule has 7 nitrogen and oxygen atoms in total. The molecule has 2 aromatic carbocycles. The SMILES string of the molecule is O=c1[nH]c2c(O)c(O)c(O)cc2c2cc3c(cc12)OCO3. The number of phenolic OH excluding ortho intramolecular Hbond substituents is 3. The van der Waals surface area contributed by atoms with Gasteiger partial charge in [-0.1, -0.05) is 0 Å². The number of nitrogens with one attached hydrogen (secondary N) is 1. The van der Waals surface area contributed by atoms with Crippen LogP contribution >= 0.6 is 0 Å². The average Bonchev–Trinajstić information content (AvgIpc) is 2.92. The van der Waals surface area contributed by atoms with Gasteiger partial charge in [-0.25, -0.2) is 0 Å². The predicted octanol–water partition coefficient (Wildman–Crippen LogP) is 1.53. The molecule has 0 saturated carbocycles. The lowest BCUT2D eigenvalue weighted by Gasteiger charge is -2.09. The number of ether oxygens (including phenoxy) is 2. The fourth-order valence-corrected chi connectivity index (χ4v) is 2.52. The van der Waals surface area contributed by atoms with Gasteiger partial charge in [0.25, 0.3) is 5.56 Å². The highest BCUT2D eigenvalue weighted by molar-refractivity contribution is 6.09. The van der Waals surface area contributed by atoms with Crippen molar-refractivity contribution in [3.63, 3.8) is 0 Å². The molecular weight excluding hydrogens is 278 g/mol. The number of hydrogen-bond donors (Lipinski definition) is 4. The summed E-state index contributed by atoms with van der Waals surface area (Å²) in [6.07, 6.45) is 0. The summed E-state index contributed by atoms with van der Waals surface area (Å²) in [4.78, 5) is 14.6. The monoisotopic (exact) mass is 287 g/mol. The Morgan fingerprint density at radius 1 is 0.905 bits per heavy atom. The van der Waals surface area contributed by atoms with Gasteiger partial charge in [-0.2, -0.15) is 0 Å². The summed E-state index contributed by atoms with van der Waals surface area (Å²) in [6.45, 7) is 0.0682. The van der Waals surface area contributed by atoms with E-state index in [0.717, 1.165) is 0 Å². The summed E-state index contributed by atoms with van der Waals surface area (Å²) in [5.41, 5.74) is -0.405. The quantitative estimate of drug-likeness (QED) is 0.368. The minimum Gasteiger partial charge on any atom is -0.504 e. The summed E-state index contributed by atoms with van der Waals surface area (Å²) in [7, 11) is 0. The molecule has 0 saturated heterocycles. The van der Waals surface area contributed by atoms with Gasteiger partial charge < -0.3 is 29.8 Å². The number of H-pyrrole nitrogens is 1. The van der Waals surface area contributed by atoms with E-state index in [2.05, 4.69) is 4.98 Å². The summed E-state index contributed by atoms with van der Waals surface area (Å²) in [5, 5.41) is 30.3. The zero-order chi connectivity index (χ0) is 14.7. The van der Waals surface area contributed by atoms with Crippen molar-refractivity contribution in [3.05, 3.63) is 28.6 Å². The van der Waals surface area contributed by atoms with E-state index in [1.54, 1.807) is 6.07 Å². The van der Waals surface area contributed by atoms with Gasteiger partial charge in [0.1, 0.15) is 0 Å². The number of hydrogen-bond acceptors (Lipinski definition) is 6. The predicted molar refractivity (Wildman–Crippen MR) is 73.2 cm³/mol. The normalized spacial score (nSPS) is 13.1. The summed E-state index contributed by atoms with van der Waals surface area (Å²) >= 11 is 0. The van der Waals surface area contributed by atoms with Gasteiger partial charge in [-0.3, -0.25) is 4.79 Å². The van der Waals surface area contributed by atoms with Crippen molar-refractivity contribution in [1.82, 2.24) is 4.98 Å². The van der Waals surface area contributed by atoms with Crippen molar-refractivity contribution >= 4 is 21.7 Å². The van der Waals surface area contributed by atoms with E-state index in [-0.39, 0.29) is 12.3 Å². The summed E-state index contributed by atoms with van der Waals surface area (Å²) in [5.74, 6) is -0.813. The van der Waals surface area contributed by atoms with E-state index in [9.17, 15) is 20.1 Å². The van der Waals surface area contributed by atoms with Gasteiger partial charge in [0, 0.05) is 10.8 Å². The second-order valence-corrected chi connectivity index (χ2v) is 4.72. The minimum atomic E-state index is -0.682. The molecule has 3 aromatic rings. The van der Waals surface area contributed by atoms with E-state index in [0.29, 0.717) is 27.7 Å². The van der Waals surface area contributed by atoms with Crippen LogP contribution in [-0.2, 0) is 0 Å². The Balaban J connectivity index is 2.26. The van der Waals surface area contributed by atoms with E-state index in [1.807, 2.05) is 0 Å². The first kappa shape index (κ1) is 11.7. The molecule has 0 amide bonds. The molecule has 0 unspecified atom stereocenters. The molecule has 0 atom stereocenters. The van der Waals surface area contributed by atoms with E-state index in [1.165, 1.54) is 12.1 Å². The standard InChI is InChI=1S/C14H9NO6/c16-8-1-6-5-2-9-10(21-4-20-9)3-7(5)14(19)15-11(6)13(18)12(8)17/h1-3,16-18H,4H2,(H,15,19). The maximum atomic E-state index is 12.1. The third-order valence-electron chi connectivity index (χ3n) is 3.54. The molecule has 0 radical (unpaired) electrons. The van der Waals surface area contributed by atoms with Gasteiger partial charge in [-0.05, 0) is 18.2 Å². The van der Waals surface area contributed by atoms with Crippen molar-refractivity contribution in [2.75, 3.05) is 6.79 Å². The highest BCUT2D eigenvalue weighted by Gasteiger charge is 2.20. The maximum absolute atomic E-state index is 12.1. The van der Waals surface area contributed by atoms with Gasteiger partial charge in [0.2, 0.25) is 12.5 Å². The molecule has 21 heavy (non-hydrogen) atoms. The summed E-state index contributed by atoms with van der Waals surface area (Å²) < 4.78 is 10.5. The van der Waals surface area contributed by atoms with Crippen LogP contribution < -0.4 is 15.0 Å². The topological polar surface area (TPSA) is 112 Å². The third kappa shape index (κ3) is 1.45. The zero-order valence-corrected chi connectivity index (χ0v) is 10.5. The molecule has 1 aromatic heterocycles. The molecule has 0 fully saturated rings. The van der Waals surface area contributed by atoms with Crippen molar-refractivity contribution in [2.45, 2.75) is 0 Å². The van der Waals surface area contributed by atoms with Gasteiger partial charge in [0.05, 0.1) is 10.9 Å². The third-order valence-corrected chi connectivity index (χ3v) is 3.54. The molecule has 2 heterocycles. The van der Waals surface area contributed by atoms with E-state index < -0.39 is 22.8 Å². The highest BCUT2D eigenvalue weighted by Crippen LogP contribution is 2.43. The maximum Gasteiger partial charge on any atom is 0.256 e. The molecule has 106 valence electrons. The Kier molecular flexibility index (Phi) is 2.08. The van der Waals surface area contributed by atoms with Gasteiger partial charge in [-0.15, -0.1) is 0 Å². The van der Waals surface area contributed by atoms with E-state index >= 15 is 0 Å². The number of aromatic hydroxyl groups is 3. The lowest BCUT2D eigenvalue weighted by atomic mass is 10.0. The largest absolute Gasteiger partial charge is 0.504 e. The number of pyridine rings is 1. The minimum absolute atomic E-state index is 0.0432. The fourth-order valence-electron chi connectivity index (χ4n) is 2.52. The van der Waals surface area contributed by atoms with Gasteiger partial charge >= 0.3 is 0 Å². The first-order chi connectivity index (χ1) is 10.1. The molecule has 1 aliphatic rings. The number of benzene rings is 2. The van der Waals surface area contributed by atoms with Crippen LogP contribution in [0.25, 0.3) is 21.7 Å². The Morgan fingerprint density at radius 3 is 2.29 bits per heavy atom. The molecule has 0 aliphatic carbocycles. The number of fused-ring (bicyclic) bond motifs is 4. The molecule has 7 heteroatoms. The van der Waals surface area contributed by atoms with Crippen molar-refractivity contribution in [3.8, 4) is 28.7 Å². The fraction of sp³-hybridized carbons (Fsp3) is 0.0714. The van der Waals surface area contributed by atoms with Crippen LogP contribution in [0.5, 0.6) is 28.7 Å². The van der Waals surface area contributed by atoms with Crippen LogP contribution in [0.2, 0.25) is 0 Å². The molecule has 0 bridgehead atoms. The second-order valence-electron chi connectivity index (χ2n) is 4.72. The second kappa shape index (κ2) is 3.72. The molecule has 4 rings (SSSR count). The lowest BCUT2D eigenvalue weighted by Crippen LogP contribution is -2.06. The van der Waals surface area contributed by atoms with Crippen molar-refractivity contribution in [1.29, 1.82) is 0 Å². The average molecular weight is 287 g/mol. The van der Waals surface area contributed by atoms with Crippen LogP contribution in [0.15, 0.2) is 23.0 Å². The molecule has 4 N–H and O–H groups in total. The smallest absolute Gasteiger partial charge is 0.256 e. The van der Waals surface area contributed by atoms with Crippen LogP contribution in [0.3, 0.4) is 0 Å². The number of aromatic nitrogens is 1. The Labute approximate surface area is 116 Å². The first-order valence-corrected chi connectivity index (χ1v) is 6.09. The number of aromatic amines is 1. The van der Waals surface area contributed by atoms with Crippen molar-refractivity contribution in [2.24, 2.45) is 0 Å². The van der Waals surface area contributed by atoms with Crippen LogP contribution in [0, 0.1) is 0 Å². The zero-order valence-electron chi connectivity index (χ0n) is 10.5. The molecular formula is C14H9NO6. The van der Waals surface area contributed by atoms with E-state index in [4.69, 9.17) is 9.47 Å². The molecule has 1 aliphatic heterocycles. The van der Waals surface area contributed by atoms with Gasteiger partial charge in [0.15, 0.2) is 23.0 Å². The Hall–Kier alpha value is -3.09. The summed E-state index contributed by atoms with van der Waals surface area (Å²) in [6, 6.07) is 4.41. The Bertz CT molecular complexity index is 975. The number of rotatable bonds is 0. The first-order valence-electron chi connectivity index (χ1n) is 6.09. The number of phenols is 3. The van der Waals surface area contributed by atoms with Crippen LogP contribution in [0.4, 0.5) is 0 Å². The van der Waals surface area contributed by atoms with Crippen LogP contribution in [0.1, 0.15) is 0 Å². The van der Waals surface area contributed by atoms with Crippen molar-refractivity contribution < 1.29 is 24.8 Å². The highest BCUT2D eigenvalue weighted by atomic mass is 16.7.